The minimum absolute atomic E-state index is 0. The van der Waals surface area contributed by atoms with Gasteiger partial charge in [-0.1, -0.05) is 69.3 Å². The Morgan fingerprint density at radius 2 is 1.73 bits per heavy atom. The van der Waals surface area contributed by atoms with Crippen LogP contribution in [0.4, 0.5) is 11.4 Å². The van der Waals surface area contributed by atoms with E-state index in [0.717, 1.165) is 46.4 Å². The molecule has 0 bridgehead atoms. The number of ether oxygens (including phenoxy) is 1. The van der Waals surface area contributed by atoms with Crippen molar-refractivity contribution in [2.45, 2.75) is 52.6 Å². The van der Waals surface area contributed by atoms with Crippen LogP contribution in [-0.4, -0.2) is 22.0 Å². The average molecular weight is 773 g/mol. The number of fused-ring (bicyclic) bond motifs is 4. The van der Waals surface area contributed by atoms with Crippen LogP contribution in [0.1, 0.15) is 54.1 Å². The summed E-state index contributed by atoms with van der Waals surface area (Å²) in [4.78, 5) is 16.0. The quantitative estimate of drug-likeness (QED) is 0.185. The maximum atomic E-state index is 10.5. The maximum absolute atomic E-state index is 10.5. The fraction of sp³-hybridized carbons (Fsp3) is 0.237. The van der Waals surface area contributed by atoms with E-state index in [4.69, 9.17) is 16.3 Å². The molecule has 1 aliphatic heterocycles. The normalized spacial score (nSPS) is 18.2. The molecule has 0 spiro atoms. The van der Waals surface area contributed by atoms with E-state index in [1.165, 1.54) is 11.1 Å². The second-order valence-corrected chi connectivity index (χ2v) is 12.6. The Balaban J connectivity index is 0.00000357. The molecule has 6 nitrogen and oxygen atoms in total. The van der Waals surface area contributed by atoms with Gasteiger partial charge in [0.25, 0.3) is 0 Å². The van der Waals surface area contributed by atoms with Gasteiger partial charge >= 0.3 is 0 Å². The minimum atomic E-state index is -0.0569. The van der Waals surface area contributed by atoms with Crippen LogP contribution in [-0.2, 0) is 27.5 Å². The van der Waals surface area contributed by atoms with Crippen molar-refractivity contribution in [2.24, 2.45) is 10.4 Å². The molecule has 5 aromatic rings. The predicted molar refractivity (Wildman–Crippen MR) is 175 cm³/mol. The summed E-state index contributed by atoms with van der Waals surface area (Å²) in [6.45, 7) is 16.1. The topological polar surface area (TPSA) is 62.3 Å². The van der Waals surface area contributed by atoms with Gasteiger partial charge in [0, 0.05) is 44.0 Å². The number of phenols is 1. The van der Waals surface area contributed by atoms with Crippen LogP contribution in [0.5, 0.6) is 17.4 Å². The van der Waals surface area contributed by atoms with Crippen LogP contribution in [0.25, 0.3) is 15.7 Å². The van der Waals surface area contributed by atoms with Crippen molar-refractivity contribution in [1.29, 1.82) is 0 Å². The van der Waals surface area contributed by atoms with Crippen molar-refractivity contribution < 1.29 is 30.9 Å². The van der Waals surface area contributed by atoms with Crippen LogP contribution in [0.3, 0.4) is 0 Å². The van der Waals surface area contributed by atoms with Gasteiger partial charge in [-0.15, -0.1) is 17.2 Å². The summed E-state index contributed by atoms with van der Waals surface area (Å²) in [6, 6.07) is 31.5. The number of amidine groups is 1. The first-order chi connectivity index (χ1) is 21.2. The van der Waals surface area contributed by atoms with Crippen LogP contribution >= 0.6 is 0 Å². The van der Waals surface area contributed by atoms with E-state index in [0.29, 0.717) is 22.8 Å². The average Bonchev–Trinajstić information content (AvgIpc) is 3.37. The van der Waals surface area contributed by atoms with Crippen LogP contribution in [0.15, 0.2) is 89.9 Å². The molecule has 1 aliphatic carbocycles. The molecule has 0 fully saturated rings. The maximum Gasteiger partial charge on any atom is 0.217 e. The number of rotatable bonds is 4. The Hall–Kier alpha value is -4.46. The first-order valence-corrected chi connectivity index (χ1v) is 15.0. The van der Waals surface area contributed by atoms with Gasteiger partial charge < -0.3 is 19.7 Å². The van der Waals surface area contributed by atoms with Crippen LogP contribution in [0, 0.1) is 31.9 Å². The second-order valence-electron chi connectivity index (χ2n) is 12.6. The number of aromatic nitrogens is 1. The number of anilines is 1. The van der Waals surface area contributed by atoms with Gasteiger partial charge in [0.1, 0.15) is 11.3 Å². The second kappa shape index (κ2) is 11.8. The Bertz CT molecular complexity index is 1990. The molecule has 2 heterocycles. The number of aryl methyl sites for hydroxylation is 3. The molecule has 228 valence electrons. The molecule has 0 amide bonds. The monoisotopic (exact) mass is 772 g/mol. The molecule has 2 aliphatic rings. The Kier molecular flexibility index (Phi) is 8.01. The summed E-state index contributed by atoms with van der Waals surface area (Å²) in [5.74, 6) is 1.86. The van der Waals surface area contributed by atoms with Gasteiger partial charge in [0.05, 0.1) is 24.5 Å². The van der Waals surface area contributed by atoms with E-state index >= 15 is 0 Å². The molecule has 1 N–H and O–H groups in total. The standard InChI is InChI=1S/C38H33N4O2.Pt/c1-23-19-27(22-30(20-23)44-33-15-10-26-18-24(2)21-32(43)34(26)40-33)37-41-36-35(42(37)29-13-11-28(39-5)12-14-29)31-9-7-6-8-25(31)16-17-38(36,3)4;/h6-15,18-21,35-36,43H,16-17H2,1-4H3;/q-1;/t35-,36-;/m1./s1. The molecule has 1 aromatic heterocycles. The van der Waals surface area contributed by atoms with Crippen molar-refractivity contribution in [3.05, 3.63) is 130 Å². The zero-order chi connectivity index (χ0) is 30.6. The fourth-order valence-electron chi connectivity index (χ4n) is 6.64. The van der Waals surface area contributed by atoms with Gasteiger partial charge in [-0.3, -0.25) is 0 Å². The molecule has 7 rings (SSSR count). The molecule has 45 heavy (non-hydrogen) atoms. The molecule has 2 atom stereocenters. The fourth-order valence-corrected chi connectivity index (χ4v) is 6.64. The number of phenolic OH excluding ortho intramolecular Hbond substituents is 1. The van der Waals surface area contributed by atoms with Gasteiger partial charge in [-0.25, -0.2) is 9.83 Å². The van der Waals surface area contributed by atoms with E-state index in [-0.39, 0.29) is 44.3 Å². The third-order valence-corrected chi connectivity index (χ3v) is 8.87. The molecule has 0 unspecified atom stereocenters. The number of aromatic hydroxyl groups is 1. The molecule has 0 radical (unpaired) electrons. The summed E-state index contributed by atoms with van der Waals surface area (Å²) in [5, 5.41) is 11.4. The Morgan fingerprint density at radius 1 is 0.978 bits per heavy atom. The summed E-state index contributed by atoms with van der Waals surface area (Å²) in [7, 11) is 0. The summed E-state index contributed by atoms with van der Waals surface area (Å²) in [6.07, 6.45) is 2.03. The zero-order valence-electron chi connectivity index (χ0n) is 25.6. The summed E-state index contributed by atoms with van der Waals surface area (Å²) >= 11 is 0. The number of nitrogens with zero attached hydrogens (tertiary/aromatic N) is 4. The van der Waals surface area contributed by atoms with E-state index in [9.17, 15) is 5.11 Å². The zero-order valence-corrected chi connectivity index (χ0v) is 27.9. The number of benzene rings is 4. The van der Waals surface area contributed by atoms with Crippen molar-refractivity contribution in [1.82, 2.24) is 4.98 Å². The largest absolute Gasteiger partial charge is 0.506 e. The van der Waals surface area contributed by atoms with Crippen molar-refractivity contribution >= 4 is 28.1 Å². The Morgan fingerprint density at radius 3 is 2.51 bits per heavy atom. The molecule has 4 aromatic carbocycles. The molecule has 7 heteroatoms. The number of hydrogen-bond donors (Lipinski definition) is 1. The third-order valence-electron chi connectivity index (χ3n) is 8.87. The molecule has 0 saturated heterocycles. The van der Waals surface area contributed by atoms with Crippen molar-refractivity contribution in [3.8, 4) is 17.4 Å². The minimum Gasteiger partial charge on any atom is -0.506 e. The first-order valence-electron chi connectivity index (χ1n) is 15.0. The van der Waals surface area contributed by atoms with E-state index < -0.39 is 0 Å². The van der Waals surface area contributed by atoms with E-state index in [2.05, 4.69) is 65.0 Å². The third kappa shape index (κ3) is 5.62. The molecular weight excluding hydrogens is 740 g/mol. The van der Waals surface area contributed by atoms with Gasteiger partial charge in [-0.05, 0) is 72.2 Å². The predicted octanol–water partition coefficient (Wildman–Crippen LogP) is 9.05. The SMILES string of the molecule is [C-]#[N+]c1ccc(N2C(c3[c-]c(Oc4ccc5cc(C)cc(O)c5n4)cc(C)c3)=N[C@@H]3[C@H]2c2ccccc2CCC3(C)C)cc1.[Pt]. The smallest absolute Gasteiger partial charge is 0.217 e. The number of hydrogen-bond acceptors (Lipinski definition) is 5. The number of aliphatic imine (C=N–C) groups is 1. The number of pyridine rings is 1. The van der Waals surface area contributed by atoms with Crippen LogP contribution < -0.4 is 9.64 Å². The summed E-state index contributed by atoms with van der Waals surface area (Å²) < 4.78 is 6.28. The summed E-state index contributed by atoms with van der Waals surface area (Å²) in [5.41, 5.74) is 7.47. The van der Waals surface area contributed by atoms with Gasteiger partial charge in [-0.2, -0.15) is 0 Å². The Labute approximate surface area is 278 Å². The van der Waals surface area contributed by atoms with E-state index in [1.807, 2.05) is 62.4 Å². The molecule has 0 saturated carbocycles. The molecular formula is C38H33N4O2Pt-. The van der Waals surface area contributed by atoms with E-state index in [1.54, 1.807) is 6.07 Å². The van der Waals surface area contributed by atoms with Crippen molar-refractivity contribution in [3.63, 3.8) is 0 Å². The van der Waals surface area contributed by atoms with Gasteiger partial charge in [0.2, 0.25) is 5.88 Å². The van der Waals surface area contributed by atoms with Gasteiger partial charge in [0.15, 0.2) is 5.69 Å². The first kappa shape index (κ1) is 30.6. The van der Waals surface area contributed by atoms with Crippen molar-refractivity contribution in [2.75, 3.05) is 4.90 Å². The van der Waals surface area contributed by atoms with Crippen LogP contribution in [0.2, 0.25) is 0 Å².